The third kappa shape index (κ3) is 4.83. The molecule has 2 aromatic carbocycles. The Bertz CT molecular complexity index is 769. The number of ether oxygens (including phenoxy) is 1. The number of carbonyl (C=O) groups excluding carboxylic acids is 1. The number of nitrogens with one attached hydrogen (secondary N) is 1. The molecule has 1 amide bonds. The van der Waals surface area contributed by atoms with E-state index in [1.807, 2.05) is 49.4 Å². The molecule has 25 heavy (non-hydrogen) atoms. The van der Waals surface area contributed by atoms with Crippen LogP contribution >= 0.6 is 0 Å². The third-order valence-corrected chi connectivity index (χ3v) is 3.88. The molecule has 0 aliphatic heterocycles. The van der Waals surface area contributed by atoms with Crippen molar-refractivity contribution in [2.45, 2.75) is 27.4 Å². The maximum atomic E-state index is 12.3. The lowest BCUT2D eigenvalue weighted by molar-refractivity contribution is -0.114. The minimum atomic E-state index is -0.275. The minimum absolute atomic E-state index is 0.239. The number of nitrogens with zero attached hydrogens (tertiary/aromatic N) is 1. The van der Waals surface area contributed by atoms with E-state index in [9.17, 15) is 4.79 Å². The summed E-state index contributed by atoms with van der Waals surface area (Å²) < 4.78 is 5.91. The number of rotatable bonds is 7. The second kappa shape index (κ2) is 8.87. The Hall–Kier alpha value is -2.82. The lowest BCUT2D eigenvalue weighted by Gasteiger charge is -2.13. The van der Waals surface area contributed by atoms with Crippen molar-refractivity contribution in [2.75, 3.05) is 13.7 Å². The van der Waals surface area contributed by atoms with Crippen LogP contribution < -0.4 is 10.1 Å². The number of oxime groups is 1. The van der Waals surface area contributed by atoms with E-state index in [0.29, 0.717) is 18.7 Å². The van der Waals surface area contributed by atoms with Gasteiger partial charge in [-0.3, -0.25) is 4.79 Å². The van der Waals surface area contributed by atoms with Gasteiger partial charge in [0.05, 0.1) is 0 Å². The molecule has 0 heterocycles. The molecule has 0 saturated carbocycles. The van der Waals surface area contributed by atoms with Crippen molar-refractivity contribution in [2.24, 2.45) is 5.16 Å². The van der Waals surface area contributed by atoms with Crippen molar-refractivity contribution in [3.8, 4) is 5.75 Å². The monoisotopic (exact) mass is 340 g/mol. The zero-order valence-corrected chi connectivity index (χ0v) is 15.1. The second-order valence-electron chi connectivity index (χ2n) is 5.67. The summed E-state index contributed by atoms with van der Waals surface area (Å²) in [7, 11) is 1.42. The van der Waals surface area contributed by atoms with E-state index in [4.69, 9.17) is 9.57 Å². The zero-order valence-electron chi connectivity index (χ0n) is 15.1. The van der Waals surface area contributed by atoms with Crippen molar-refractivity contribution >= 4 is 11.6 Å². The normalized spacial score (nSPS) is 11.1. The molecule has 1 N–H and O–H groups in total. The van der Waals surface area contributed by atoms with Gasteiger partial charge in [-0.15, -0.1) is 0 Å². The quantitative estimate of drug-likeness (QED) is 0.621. The number of amides is 1. The molecule has 0 saturated heterocycles. The number of benzene rings is 2. The first kappa shape index (κ1) is 18.5. The molecule has 0 unspecified atom stereocenters. The molecule has 0 aromatic heterocycles. The smallest absolute Gasteiger partial charge is 0.273 e. The number of hydrogen-bond acceptors (Lipinski definition) is 4. The van der Waals surface area contributed by atoms with Crippen LogP contribution in [0.2, 0.25) is 0 Å². The molecule has 132 valence electrons. The fourth-order valence-corrected chi connectivity index (χ4v) is 2.39. The average molecular weight is 340 g/mol. The fraction of sp³-hybridized carbons (Fsp3) is 0.300. The van der Waals surface area contributed by atoms with E-state index in [1.165, 1.54) is 18.2 Å². The first-order valence-electron chi connectivity index (χ1n) is 8.24. The van der Waals surface area contributed by atoms with Crippen LogP contribution in [0.5, 0.6) is 5.75 Å². The van der Waals surface area contributed by atoms with Gasteiger partial charge in [-0.1, -0.05) is 35.5 Å². The summed E-state index contributed by atoms with van der Waals surface area (Å²) in [6.45, 7) is 6.82. The van der Waals surface area contributed by atoms with Gasteiger partial charge in [0.15, 0.2) is 5.71 Å². The highest BCUT2D eigenvalue weighted by Gasteiger charge is 2.18. The number of carbonyl (C=O) groups is 1. The Balaban J connectivity index is 2.25. The molecule has 0 aliphatic rings. The van der Waals surface area contributed by atoms with Crippen molar-refractivity contribution in [3.05, 3.63) is 64.7 Å². The molecular formula is C20H24N2O3. The second-order valence-corrected chi connectivity index (χ2v) is 5.67. The molecular weight excluding hydrogens is 316 g/mol. The SMILES string of the molecule is CCNC(=O)C(=NOC)c1ccccc1COc1ccc(C)c(C)c1. The Morgan fingerprint density at radius 3 is 2.56 bits per heavy atom. The van der Waals surface area contributed by atoms with Crippen LogP contribution in [0.4, 0.5) is 0 Å². The molecule has 0 radical (unpaired) electrons. The summed E-state index contributed by atoms with van der Waals surface area (Å²) in [5.41, 5.74) is 4.19. The zero-order chi connectivity index (χ0) is 18.2. The molecule has 0 aliphatic carbocycles. The van der Waals surface area contributed by atoms with Crippen LogP contribution in [0.15, 0.2) is 47.6 Å². The van der Waals surface area contributed by atoms with E-state index in [1.54, 1.807) is 0 Å². The van der Waals surface area contributed by atoms with E-state index < -0.39 is 0 Å². The van der Waals surface area contributed by atoms with Gasteiger partial charge in [-0.05, 0) is 49.6 Å². The number of likely N-dealkylation sites (N-methyl/N-ethyl adjacent to an activating group) is 1. The van der Waals surface area contributed by atoms with Gasteiger partial charge in [0.25, 0.3) is 5.91 Å². The Morgan fingerprint density at radius 2 is 1.88 bits per heavy atom. The maximum Gasteiger partial charge on any atom is 0.273 e. The van der Waals surface area contributed by atoms with Gasteiger partial charge >= 0.3 is 0 Å². The minimum Gasteiger partial charge on any atom is -0.489 e. The molecule has 0 fully saturated rings. The van der Waals surface area contributed by atoms with Crippen LogP contribution in [0, 0.1) is 13.8 Å². The molecule has 2 aromatic rings. The van der Waals surface area contributed by atoms with Crippen molar-refractivity contribution < 1.29 is 14.4 Å². The van der Waals surface area contributed by atoms with Crippen LogP contribution in [-0.4, -0.2) is 25.3 Å². The standard InChI is InChI=1S/C20H24N2O3/c1-5-21-20(23)19(22-24-4)18-9-7-6-8-16(18)13-25-17-11-10-14(2)15(3)12-17/h6-12H,5,13H2,1-4H3,(H,21,23). The molecule has 2 rings (SSSR count). The van der Waals surface area contributed by atoms with Gasteiger partial charge in [0.2, 0.25) is 0 Å². The fourth-order valence-electron chi connectivity index (χ4n) is 2.39. The molecule has 0 spiro atoms. The molecule has 5 heteroatoms. The number of aryl methyl sites for hydroxylation is 2. The molecule has 0 bridgehead atoms. The van der Waals surface area contributed by atoms with Gasteiger partial charge < -0.3 is 14.9 Å². The van der Waals surface area contributed by atoms with Gasteiger partial charge in [-0.2, -0.15) is 0 Å². The largest absolute Gasteiger partial charge is 0.489 e. The highest BCUT2D eigenvalue weighted by atomic mass is 16.6. The third-order valence-electron chi connectivity index (χ3n) is 3.88. The summed E-state index contributed by atoms with van der Waals surface area (Å²) >= 11 is 0. The van der Waals surface area contributed by atoms with E-state index in [2.05, 4.69) is 24.3 Å². The first-order chi connectivity index (χ1) is 12.1. The van der Waals surface area contributed by atoms with Gasteiger partial charge in [0, 0.05) is 12.1 Å². The predicted octanol–water partition coefficient (Wildman–Crippen LogP) is 3.37. The van der Waals surface area contributed by atoms with E-state index >= 15 is 0 Å². The number of hydrogen-bond donors (Lipinski definition) is 1. The Morgan fingerprint density at radius 1 is 1.12 bits per heavy atom. The summed E-state index contributed by atoms with van der Waals surface area (Å²) in [6, 6.07) is 13.5. The summed E-state index contributed by atoms with van der Waals surface area (Å²) in [6.07, 6.45) is 0. The summed E-state index contributed by atoms with van der Waals surface area (Å²) in [5.74, 6) is 0.518. The van der Waals surface area contributed by atoms with Crippen molar-refractivity contribution in [1.82, 2.24) is 5.32 Å². The lowest BCUT2D eigenvalue weighted by Crippen LogP contribution is -2.32. The predicted molar refractivity (Wildman–Crippen MR) is 98.9 cm³/mol. The highest BCUT2D eigenvalue weighted by Crippen LogP contribution is 2.19. The topological polar surface area (TPSA) is 59.9 Å². The first-order valence-corrected chi connectivity index (χ1v) is 8.24. The highest BCUT2D eigenvalue weighted by molar-refractivity contribution is 6.45. The average Bonchev–Trinajstić information content (AvgIpc) is 2.61. The lowest BCUT2D eigenvalue weighted by atomic mass is 10.0. The van der Waals surface area contributed by atoms with Crippen LogP contribution in [0.1, 0.15) is 29.2 Å². The maximum absolute atomic E-state index is 12.3. The molecule has 0 atom stereocenters. The van der Waals surface area contributed by atoms with Gasteiger partial charge in [-0.25, -0.2) is 0 Å². The van der Waals surface area contributed by atoms with Gasteiger partial charge in [0.1, 0.15) is 19.5 Å². The van der Waals surface area contributed by atoms with Crippen LogP contribution in [0.3, 0.4) is 0 Å². The van der Waals surface area contributed by atoms with Crippen LogP contribution in [0.25, 0.3) is 0 Å². The van der Waals surface area contributed by atoms with E-state index in [0.717, 1.165) is 11.3 Å². The summed E-state index contributed by atoms with van der Waals surface area (Å²) in [4.78, 5) is 17.1. The van der Waals surface area contributed by atoms with Crippen molar-refractivity contribution in [3.63, 3.8) is 0 Å². The molecule has 5 nitrogen and oxygen atoms in total. The van der Waals surface area contributed by atoms with Crippen LogP contribution in [-0.2, 0) is 16.2 Å². The van der Waals surface area contributed by atoms with E-state index in [-0.39, 0.29) is 11.6 Å². The Labute approximate surface area is 148 Å². The Kier molecular flexibility index (Phi) is 6.57. The van der Waals surface area contributed by atoms with Crippen molar-refractivity contribution in [1.29, 1.82) is 0 Å². The summed E-state index contributed by atoms with van der Waals surface area (Å²) in [5, 5.41) is 6.66.